The molecule has 0 aliphatic heterocycles. The minimum atomic E-state index is -5.72. The normalized spacial score (nSPS) is 12.6. The predicted molar refractivity (Wildman–Crippen MR) is 85.2 cm³/mol. The highest BCUT2D eigenvalue weighted by atomic mass is 79.9. The molecule has 2 aromatic rings. The van der Waals surface area contributed by atoms with Gasteiger partial charge in [0, 0.05) is 15.4 Å². The van der Waals surface area contributed by atoms with E-state index in [0.717, 1.165) is 0 Å². The van der Waals surface area contributed by atoms with Crippen LogP contribution in [0.2, 0.25) is 0 Å². The molecular weight excluding hydrogens is 419 g/mol. The fourth-order valence-corrected chi connectivity index (χ4v) is 4.85. The van der Waals surface area contributed by atoms with E-state index < -0.39 is 24.0 Å². The molecule has 1 heterocycles. The SMILES string of the molecule is CCOc1cc(C(N)=O)cc2c(Br)c(C(F)(F)P(=O)(O)O)sc12. The number of ether oxygens (including phenoxy) is 1. The van der Waals surface area contributed by atoms with Gasteiger partial charge in [0.15, 0.2) is 0 Å². The summed E-state index contributed by atoms with van der Waals surface area (Å²) in [4.78, 5) is 28.3. The van der Waals surface area contributed by atoms with Gasteiger partial charge in [-0.05, 0) is 35.0 Å². The Morgan fingerprint density at radius 1 is 1.48 bits per heavy atom. The van der Waals surface area contributed by atoms with Crippen molar-refractivity contribution in [1.29, 1.82) is 0 Å². The van der Waals surface area contributed by atoms with Crippen molar-refractivity contribution in [2.24, 2.45) is 5.73 Å². The molecular formula is C12H11BrF2NO5PS. The number of thiophene rings is 1. The molecule has 126 valence electrons. The summed E-state index contributed by atoms with van der Waals surface area (Å²) in [5, 5.41) is 0.165. The molecule has 4 N–H and O–H groups in total. The molecule has 0 unspecified atom stereocenters. The minimum absolute atomic E-state index is 0.0329. The quantitative estimate of drug-likeness (QED) is 0.631. The van der Waals surface area contributed by atoms with Gasteiger partial charge in [-0.15, -0.1) is 11.3 Å². The summed E-state index contributed by atoms with van der Waals surface area (Å²) in [7, 11) is -5.72. The zero-order valence-electron chi connectivity index (χ0n) is 11.5. The second kappa shape index (κ2) is 6.10. The lowest BCUT2D eigenvalue weighted by Gasteiger charge is -2.16. The topological polar surface area (TPSA) is 110 Å². The third-order valence-electron chi connectivity index (χ3n) is 2.92. The van der Waals surface area contributed by atoms with Gasteiger partial charge in [0.2, 0.25) is 5.91 Å². The first kappa shape index (κ1) is 18.3. The van der Waals surface area contributed by atoms with Gasteiger partial charge in [0.05, 0.1) is 11.3 Å². The van der Waals surface area contributed by atoms with Crippen molar-refractivity contribution in [1.82, 2.24) is 0 Å². The highest BCUT2D eigenvalue weighted by Crippen LogP contribution is 2.63. The van der Waals surface area contributed by atoms with Crippen molar-refractivity contribution in [2.45, 2.75) is 12.6 Å². The largest absolute Gasteiger partial charge is 0.492 e. The average Bonchev–Trinajstić information content (AvgIpc) is 2.76. The van der Waals surface area contributed by atoms with Crippen LogP contribution in [0.4, 0.5) is 8.78 Å². The van der Waals surface area contributed by atoms with Crippen LogP contribution < -0.4 is 10.5 Å². The summed E-state index contributed by atoms with van der Waals surface area (Å²) in [6.07, 6.45) is 0. The number of carbonyl (C=O) groups is 1. The minimum Gasteiger partial charge on any atom is -0.492 e. The van der Waals surface area contributed by atoms with Crippen molar-refractivity contribution < 1.29 is 32.7 Å². The number of carbonyl (C=O) groups excluding carboxylic acids is 1. The van der Waals surface area contributed by atoms with Gasteiger partial charge in [0.25, 0.3) is 0 Å². The number of rotatable bonds is 5. The van der Waals surface area contributed by atoms with Crippen LogP contribution in [-0.2, 0) is 10.2 Å². The van der Waals surface area contributed by atoms with E-state index in [1.807, 2.05) is 0 Å². The summed E-state index contributed by atoms with van der Waals surface area (Å²) in [5.74, 6) is -0.647. The number of hydrogen-bond acceptors (Lipinski definition) is 4. The van der Waals surface area contributed by atoms with Gasteiger partial charge in [-0.1, -0.05) is 0 Å². The molecule has 0 saturated heterocycles. The smallest absolute Gasteiger partial charge is 0.400 e. The van der Waals surface area contributed by atoms with Crippen molar-refractivity contribution in [3.05, 3.63) is 27.0 Å². The van der Waals surface area contributed by atoms with E-state index in [9.17, 15) is 18.1 Å². The maximum Gasteiger partial charge on any atom is 0.400 e. The summed E-state index contributed by atoms with van der Waals surface area (Å²) in [6.45, 7) is 1.87. The summed E-state index contributed by atoms with van der Waals surface area (Å²) in [5.41, 5.74) is 0.866. The van der Waals surface area contributed by atoms with Gasteiger partial charge >= 0.3 is 13.3 Å². The van der Waals surface area contributed by atoms with Crippen LogP contribution in [0, 0.1) is 0 Å². The first-order valence-corrected chi connectivity index (χ1v) is 9.35. The van der Waals surface area contributed by atoms with Crippen LogP contribution in [0.15, 0.2) is 16.6 Å². The van der Waals surface area contributed by atoms with Gasteiger partial charge in [-0.3, -0.25) is 9.36 Å². The van der Waals surface area contributed by atoms with E-state index >= 15 is 0 Å². The van der Waals surface area contributed by atoms with Crippen LogP contribution >= 0.6 is 34.9 Å². The van der Waals surface area contributed by atoms with Crippen LogP contribution in [0.1, 0.15) is 22.2 Å². The zero-order chi connectivity index (χ0) is 17.6. The Morgan fingerprint density at radius 2 is 2.09 bits per heavy atom. The summed E-state index contributed by atoms with van der Waals surface area (Å²) < 4.78 is 44.5. The Hall–Kier alpha value is -1.06. The standard InChI is InChI=1S/C12H11BrF2NO5PS/c1-2-21-7-4-5(11(16)17)3-6-8(13)10(23-9(6)7)12(14,15)22(18,19)20/h3-4H,2H2,1H3,(H2,16,17)(H2,18,19,20). The Bertz CT molecular complexity index is 834. The van der Waals surface area contributed by atoms with E-state index in [2.05, 4.69) is 15.9 Å². The number of primary amides is 1. The Morgan fingerprint density at radius 3 is 2.57 bits per heavy atom. The highest BCUT2D eigenvalue weighted by molar-refractivity contribution is 9.10. The molecule has 11 heteroatoms. The number of halogens is 3. The maximum absolute atomic E-state index is 14.0. The average molecular weight is 430 g/mol. The predicted octanol–water partition coefficient (Wildman–Crippen LogP) is 3.39. The molecule has 2 rings (SSSR count). The Kier molecular flexibility index (Phi) is 4.85. The van der Waals surface area contributed by atoms with Crippen LogP contribution in [0.3, 0.4) is 0 Å². The van der Waals surface area contributed by atoms with Crippen LogP contribution in [-0.4, -0.2) is 22.3 Å². The van der Waals surface area contributed by atoms with Crippen LogP contribution in [0.5, 0.6) is 5.75 Å². The molecule has 0 radical (unpaired) electrons. The zero-order valence-corrected chi connectivity index (χ0v) is 14.8. The monoisotopic (exact) mass is 429 g/mol. The lowest BCUT2D eigenvalue weighted by atomic mass is 10.1. The van der Waals surface area contributed by atoms with Crippen molar-refractivity contribution >= 4 is 50.9 Å². The molecule has 0 bridgehead atoms. The molecule has 0 fully saturated rings. The Labute approximate surface area is 141 Å². The van der Waals surface area contributed by atoms with Gasteiger partial charge in [-0.2, -0.15) is 8.78 Å². The van der Waals surface area contributed by atoms with Crippen molar-refractivity contribution in [3.63, 3.8) is 0 Å². The van der Waals surface area contributed by atoms with Gasteiger partial charge in [0.1, 0.15) is 10.6 Å². The number of benzene rings is 1. The number of alkyl halides is 2. The van der Waals surface area contributed by atoms with Gasteiger partial charge < -0.3 is 20.3 Å². The molecule has 23 heavy (non-hydrogen) atoms. The summed E-state index contributed by atoms with van der Waals surface area (Å²) >= 11 is 3.41. The molecule has 0 spiro atoms. The lowest BCUT2D eigenvalue weighted by Crippen LogP contribution is -2.12. The van der Waals surface area contributed by atoms with Gasteiger partial charge in [-0.25, -0.2) is 0 Å². The number of amides is 1. The molecule has 0 atom stereocenters. The second-order valence-electron chi connectivity index (χ2n) is 4.48. The van der Waals surface area contributed by atoms with Crippen molar-refractivity contribution in [3.8, 4) is 5.75 Å². The molecule has 0 saturated carbocycles. The Balaban J connectivity index is 2.82. The van der Waals surface area contributed by atoms with E-state index in [4.69, 9.17) is 20.3 Å². The molecule has 0 aliphatic rings. The number of fused-ring (bicyclic) bond motifs is 1. The fraction of sp³-hybridized carbons (Fsp3) is 0.250. The third kappa shape index (κ3) is 3.14. The summed E-state index contributed by atoms with van der Waals surface area (Å²) in [6, 6.07) is 2.57. The lowest BCUT2D eigenvalue weighted by molar-refractivity contribution is 0.0595. The molecule has 6 nitrogen and oxygen atoms in total. The molecule has 0 aliphatic carbocycles. The van der Waals surface area contributed by atoms with Crippen molar-refractivity contribution in [2.75, 3.05) is 6.61 Å². The fourth-order valence-electron chi connectivity index (χ4n) is 1.87. The van der Waals surface area contributed by atoms with E-state index in [-0.39, 0.29) is 32.5 Å². The number of hydrogen-bond donors (Lipinski definition) is 3. The third-order valence-corrected chi connectivity index (χ3v) is 6.40. The van der Waals surface area contributed by atoms with E-state index in [1.54, 1.807) is 6.92 Å². The van der Waals surface area contributed by atoms with E-state index in [1.165, 1.54) is 12.1 Å². The first-order valence-electron chi connectivity index (χ1n) is 6.13. The number of nitrogens with two attached hydrogens (primary N) is 1. The molecule has 1 aromatic heterocycles. The second-order valence-corrected chi connectivity index (χ2v) is 7.94. The molecule has 1 aromatic carbocycles. The highest BCUT2D eigenvalue weighted by Gasteiger charge is 2.53. The maximum atomic E-state index is 14.0. The first-order chi connectivity index (χ1) is 10.5. The molecule has 1 amide bonds. The van der Waals surface area contributed by atoms with E-state index in [0.29, 0.717) is 11.3 Å². The van der Waals surface area contributed by atoms with Crippen LogP contribution in [0.25, 0.3) is 10.1 Å².